The molecule has 1 unspecified atom stereocenters. The van der Waals surface area contributed by atoms with Gasteiger partial charge in [0.15, 0.2) is 0 Å². The molecule has 1 atom stereocenters. The molecule has 5 heteroatoms. The van der Waals surface area contributed by atoms with Crippen molar-refractivity contribution < 1.29 is 17.9 Å². The molecule has 0 aliphatic carbocycles. The molecule has 0 fully saturated rings. The van der Waals surface area contributed by atoms with Crippen molar-refractivity contribution in [2.45, 2.75) is 25.6 Å². The van der Waals surface area contributed by atoms with Gasteiger partial charge in [-0.05, 0) is 24.6 Å². The van der Waals surface area contributed by atoms with Crippen LogP contribution in [-0.4, -0.2) is 12.6 Å². The fourth-order valence-electron chi connectivity index (χ4n) is 1.61. The second kappa shape index (κ2) is 3.88. The van der Waals surface area contributed by atoms with Gasteiger partial charge in [0.1, 0.15) is 12.4 Å². The van der Waals surface area contributed by atoms with Crippen LogP contribution in [0.15, 0.2) is 18.2 Å². The Labute approximate surface area is 91.4 Å². The van der Waals surface area contributed by atoms with E-state index in [4.69, 9.17) is 4.74 Å². The average molecular weight is 231 g/mol. The molecule has 0 saturated heterocycles. The zero-order valence-electron chi connectivity index (χ0n) is 8.77. The smallest absolute Gasteiger partial charge is 0.416 e. The molecule has 16 heavy (non-hydrogen) atoms. The molecule has 1 aromatic rings. The summed E-state index contributed by atoms with van der Waals surface area (Å²) in [7, 11) is 0. The highest BCUT2D eigenvalue weighted by molar-refractivity contribution is 5.60. The van der Waals surface area contributed by atoms with Crippen molar-refractivity contribution in [3.05, 3.63) is 23.8 Å². The van der Waals surface area contributed by atoms with Gasteiger partial charge < -0.3 is 10.1 Å². The highest BCUT2D eigenvalue weighted by atomic mass is 19.4. The van der Waals surface area contributed by atoms with Crippen molar-refractivity contribution in [2.24, 2.45) is 0 Å². The van der Waals surface area contributed by atoms with E-state index in [1.807, 2.05) is 6.92 Å². The van der Waals surface area contributed by atoms with Gasteiger partial charge in [-0.25, -0.2) is 0 Å². The predicted octanol–water partition coefficient (Wildman–Crippen LogP) is 3.29. The Hall–Kier alpha value is -1.39. The molecule has 2 nitrogen and oxygen atoms in total. The molecule has 2 rings (SSSR count). The van der Waals surface area contributed by atoms with Gasteiger partial charge >= 0.3 is 6.18 Å². The lowest BCUT2D eigenvalue weighted by atomic mass is 10.1. The molecule has 0 amide bonds. The van der Waals surface area contributed by atoms with Crippen molar-refractivity contribution in [2.75, 3.05) is 11.9 Å². The third-order valence-corrected chi connectivity index (χ3v) is 2.60. The first-order chi connectivity index (χ1) is 7.50. The van der Waals surface area contributed by atoms with E-state index in [9.17, 15) is 13.2 Å². The molecule has 1 aromatic carbocycles. The van der Waals surface area contributed by atoms with Gasteiger partial charge in [0.25, 0.3) is 0 Å². The Bertz CT molecular complexity index is 389. The first-order valence-corrected chi connectivity index (χ1v) is 5.11. The van der Waals surface area contributed by atoms with Gasteiger partial charge in [-0.1, -0.05) is 6.92 Å². The molecule has 1 aliphatic rings. The quantitative estimate of drug-likeness (QED) is 0.800. The minimum atomic E-state index is -4.32. The summed E-state index contributed by atoms with van der Waals surface area (Å²) in [6, 6.07) is 3.69. The summed E-state index contributed by atoms with van der Waals surface area (Å²) >= 11 is 0. The number of hydrogen-bond acceptors (Lipinski definition) is 2. The second-order valence-corrected chi connectivity index (χ2v) is 3.77. The van der Waals surface area contributed by atoms with Gasteiger partial charge in [-0.15, -0.1) is 0 Å². The van der Waals surface area contributed by atoms with E-state index in [-0.39, 0.29) is 11.8 Å². The fraction of sp³-hybridized carbons (Fsp3) is 0.455. The van der Waals surface area contributed by atoms with E-state index in [2.05, 4.69) is 5.32 Å². The fourth-order valence-corrected chi connectivity index (χ4v) is 1.61. The van der Waals surface area contributed by atoms with Gasteiger partial charge in [0.05, 0.1) is 17.3 Å². The molecule has 0 radical (unpaired) electrons. The molecule has 0 saturated carbocycles. The van der Waals surface area contributed by atoms with Gasteiger partial charge in [0.2, 0.25) is 0 Å². The van der Waals surface area contributed by atoms with Crippen molar-refractivity contribution in [1.29, 1.82) is 0 Å². The van der Waals surface area contributed by atoms with Crippen molar-refractivity contribution >= 4 is 5.69 Å². The molecule has 0 bridgehead atoms. The summed E-state index contributed by atoms with van der Waals surface area (Å²) in [4.78, 5) is 0. The predicted molar refractivity (Wildman–Crippen MR) is 54.6 cm³/mol. The van der Waals surface area contributed by atoms with Crippen LogP contribution in [0.4, 0.5) is 18.9 Å². The first kappa shape index (κ1) is 11.1. The number of hydrogen-bond donors (Lipinski definition) is 1. The van der Waals surface area contributed by atoms with Crippen LogP contribution in [0.3, 0.4) is 0 Å². The SMILES string of the molecule is CCC1COc2cc(C(F)(F)F)ccc2N1. The van der Waals surface area contributed by atoms with E-state index in [1.54, 1.807) is 0 Å². The molecule has 1 N–H and O–H groups in total. The van der Waals surface area contributed by atoms with Gasteiger partial charge in [0, 0.05) is 0 Å². The monoisotopic (exact) mass is 231 g/mol. The molecular formula is C11H12F3NO. The number of rotatable bonds is 1. The molecule has 0 spiro atoms. The summed E-state index contributed by atoms with van der Waals surface area (Å²) in [5, 5.41) is 3.13. The summed E-state index contributed by atoms with van der Waals surface area (Å²) < 4.78 is 42.6. The zero-order chi connectivity index (χ0) is 11.8. The largest absolute Gasteiger partial charge is 0.489 e. The van der Waals surface area contributed by atoms with E-state index in [0.29, 0.717) is 12.3 Å². The molecule has 0 aromatic heterocycles. The Morgan fingerprint density at radius 3 is 2.81 bits per heavy atom. The molecular weight excluding hydrogens is 219 g/mol. The van der Waals surface area contributed by atoms with E-state index < -0.39 is 11.7 Å². The average Bonchev–Trinajstić information content (AvgIpc) is 2.26. The number of ether oxygens (including phenoxy) is 1. The standard InChI is InChI=1S/C11H12F3NO/c1-2-8-6-16-10-5-7(11(12,13)14)3-4-9(10)15-8/h3-5,8,15H,2,6H2,1H3. The van der Waals surface area contributed by atoms with Gasteiger partial charge in [-0.3, -0.25) is 0 Å². The topological polar surface area (TPSA) is 21.3 Å². The van der Waals surface area contributed by atoms with E-state index in [0.717, 1.165) is 18.6 Å². The summed E-state index contributed by atoms with van der Waals surface area (Å²) in [5.41, 5.74) is -0.0471. The highest BCUT2D eigenvalue weighted by Crippen LogP contribution is 2.36. The van der Waals surface area contributed by atoms with Crippen molar-refractivity contribution in [3.63, 3.8) is 0 Å². The lowest BCUT2D eigenvalue weighted by Gasteiger charge is -2.27. The third-order valence-electron chi connectivity index (χ3n) is 2.60. The second-order valence-electron chi connectivity index (χ2n) is 3.77. The maximum absolute atomic E-state index is 12.4. The number of alkyl halides is 3. The lowest BCUT2D eigenvalue weighted by Crippen LogP contribution is -2.30. The number of anilines is 1. The van der Waals surface area contributed by atoms with Crippen LogP contribution in [0.1, 0.15) is 18.9 Å². The van der Waals surface area contributed by atoms with E-state index in [1.165, 1.54) is 6.07 Å². The Morgan fingerprint density at radius 1 is 1.44 bits per heavy atom. The number of fused-ring (bicyclic) bond motifs is 1. The van der Waals surface area contributed by atoms with Crippen LogP contribution in [0, 0.1) is 0 Å². The first-order valence-electron chi connectivity index (χ1n) is 5.11. The van der Waals surface area contributed by atoms with Crippen LogP contribution in [0.5, 0.6) is 5.75 Å². The Kier molecular flexibility index (Phi) is 2.69. The van der Waals surface area contributed by atoms with Gasteiger partial charge in [-0.2, -0.15) is 13.2 Å². The molecule has 88 valence electrons. The highest BCUT2D eigenvalue weighted by Gasteiger charge is 2.32. The number of halogens is 3. The van der Waals surface area contributed by atoms with Crippen LogP contribution >= 0.6 is 0 Å². The normalized spacial score (nSPS) is 19.6. The molecule has 1 aliphatic heterocycles. The summed E-state index contributed by atoms with van der Waals surface area (Å²) in [6.45, 7) is 2.40. The van der Waals surface area contributed by atoms with Crippen LogP contribution < -0.4 is 10.1 Å². The van der Waals surface area contributed by atoms with Crippen molar-refractivity contribution in [3.8, 4) is 5.75 Å². The number of nitrogens with one attached hydrogen (secondary N) is 1. The summed E-state index contributed by atoms with van der Waals surface area (Å²) in [5.74, 6) is 0.277. The van der Waals surface area contributed by atoms with Crippen LogP contribution in [0.2, 0.25) is 0 Å². The minimum Gasteiger partial charge on any atom is -0.489 e. The minimum absolute atomic E-state index is 0.171. The summed E-state index contributed by atoms with van der Waals surface area (Å²) in [6.07, 6.45) is -3.44. The van der Waals surface area contributed by atoms with E-state index >= 15 is 0 Å². The molecule has 1 heterocycles. The van der Waals surface area contributed by atoms with Crippen LogP contribution in [-0.2, 0) is 6.18 Å². The number of benzene rings is 1. The Balaban J connectivity index is 2.28. The lowest BCUT2D eigenvalue weighted by molar-refractivity contribution is -0.137. The Morgan fingerprint density at radius 2 is 2.19 bits per heavy atom. The van der Waals surface area contributed by atoms with Crippen molar-refractivity contribution in [1.82, 2.24) is 0 Å². The maximum Gasteiger partial charge on any atom is 0.416 e. The van der Waals surface area contributed by atoms with Crippen LogP contribution in [0.25, 0.3) is 0 Å². The maximum atomic E-state index is 12.4. The third kappa shape index (κ3) is 2.08. The zero-order valence-corrected chi connectivity index (χ0v) is 8.77.